The maximum Gasteiger partial charge on any atom is 0.266 e. The summed E-state index contributed by atoms with van der Waals surface area (Å²) in [6.07, 6.45) is 3.62. The summed E-state index contributed by atoms with van der Waals surface area (Å²) in [4.78, 5) is 17.7. The van der Waals surface area contributed by atoms with E-state index in [1.165, 1.54) is 0 Å². The van der Waals surface area contributed by atoms with E-state index in [1.807, 2.05) is 60.7 Å². The van der Waals surface area contributed by atoms with E-state index in [0.29, 0.717) is 16.7 Å². The molecular weight excluding hydrogens is 324 g/mol. The second kappa shape index (κ2) is 6.69. The summed E-state index contributed by atoms with van der Waals surface area (Å²) in [5.74, 6) is 0.724. The Labute approximate surface area is 150 Å². The third-order valence-electron chi connectivity index (χ3n) is 4.11. The highest BCUT2D eigenvalue weighted by atomic mass is 16.3. The normalized spacial score (nSPS) is 11.2. The maximum atomic E-state index is 13.1. The number of aromatic nitrogens is 2. The van der Waals surface area contributed by atoms with Crippen molar-refractivity contribution in [3.63, 3.8) is 0 Å². The molecule has 0 aliphatic rings. The molecule has 4 rings (SSSR count). The fourth-order valence-corrected chi connectivity index (χ4v) is 2.89. The number of phenolic OH excluding ortho intramolecular Hbond substituents is 1. The molecule has 1 heterocycles. The molecule has 0 aliphatic heterocycles. The number of aromatic hydroxyl groups is 1. The van der Waals surface area contributed by atoms with Gasteiger partial charge >= 0.3 is 0 Å². The largest absolute Gasteiger partial charge is 0.508 e. The molecule has 1 N–H and O–H groups in total. The summed E-state index contributed by atoms with van der Waals surface area (Å²) in [6, 6.07) is 23.7. The van der Waals surface area contributed by atoms with Crippen LogP contribution >= 0.6 is 0 Å². The second-order valence-electron chi connectivity index (χ2n) is 5.89. The number of phenols is 1. The first-order valence-corrected chi connectivity index (χ1v) is 8.27. The van der Waals surface area contributed by atoms with Crippen molar-refractivity contribution in [1.29, 1.82) is 0 Å². The number of hydrogen-bond donors (Lipinski definition) is 1. The minimum absolute atomic E-state index is 0.114. The zero-order chi connectivity index (χ0) is 17.9. The fourth-order valence-electron chi connectivity index (χ4n) is 2.89. The van der Waals surface area contributed by atoms with Gasteiger partial charge in [-0.1, -0.05) is 48.5 Å². The predicted molar refractivity (Wildman–Crippen MR) is 104 cm³/mol. The third kappa shape index (κ3) is 3.00. The first kappa shape index (κ1) is 15.8. The molecule has 26 heavy (non-hydrogen) atoms. The summed E-state index contributed by atoms with van der Waals surface area (Å²) in [7, 11) is 0. The van der Waals surface area contributed by atoms with Crippen LogP contribution in [0.3, 0.4) is 0 Å². The van der Waals surface area contributed by atoms with Crippen LogP contribution < -0.4 is 5.56 Å². The first-order valence-electron chi connectivity index (χ1n) is 8.27. The maximum absolute atomic E-state index is 13.1. The van der Waals surface area contributed by atoms with E-state index in [4.69, 9.17) is 0 Å². The van der Waals surface area contributed by atoms with Gasteiger partial charge in [0.2, 0.25) is 0 Å². The molecule has 0 saturated heterocycles. The number of hydrogen-bond acceptors (Lipinski definition) is 3. The van der Waals surface area contributed by atoms with Crippen LogP contribution in [0.4, 0.5) is 0 Å². The number of benzene rings is 3. The van der Waals surface area contributed by atoms with Gasteiger partial charge in [0.05, 0.1) is 16.6 Å². The standard InChI is InChI=1S/C22H16N2O2/c25-18-10-6-7-16(15-18)13-14-21-23-20-12-5-4-11-19(20)22(26)24(21)17-8-2-1-3-9-17/h1-15,25H. The number of rotatable bonds is 3. The van der Waals surface area contributed by atoms with Crippen LogP contribution in [0, 0.1) is 0 Å². The van der Waals surface area contributed by atoms with Gasteiger partial charge in [0.15, 0.2) is 0 Å². The lowest BCUT2D eigenvalue weighted by Crippen LogP contribution is -2.22. The second-order valence-corrected chi connectivity index (χ2v) is 5.89. The molecule has 0 radical (unpaired) electrons. The van der Waals surface area contributed by atoms with Crippen LogP contribution in [0.5, 0.6) is 5.75 Å². The molecular formula is C22H16N2O2. The van der Waals surface area contributed by atoms with E-state index in [2.05, 4.69) is 4.98 Å². The average Bonchev–Trinajstić information content (AvgIpc) is 2.67. The van der Waals surface area contributed by atoms with Crippen molar-refractivity contribution < 1.29 is 5.11 Å². The van der Waals surface area contributed by atoms with Crippen molar-refractivity contribution in [2.24, 2.45) is 0 Å². The Kier molecular flexibility index (Phi) is 4.07. The summed E-state index contributed by atoms with van der Waals surface area (Å²) >= 11 is 0. The van der Waals surface area contributed by atoms with Gasteiger partial charge in [-0.25, -0.2) is 4.98 Å². The van der Waals surface area contributed by atoms with E-state index in [1.54, 1.807) is 34.9 Å². The lowest BCUT2D eigenvalue weighted by Gasteiger charge is -2.11. The highest BCUT2D eigenvalue weighted by Gasteiger charge is 2.10. The highest BCUT2D eigenvalue weighted by molar-refractivity contribution is 5.80. The van der Waals surface area contributed by atoms with Gasteiger partial charge in [0.25, 0.3) is 5.56 Å². The molecule has 126 valence electrons. The summed E-state index contributed by atoms with van der Waals surface area (Å²) in [5.41, 5.74) is 2.12. The molecule has 0 unspecified atom stereocenters. The van der Waals surface area contributed by atoms with E-state index in [9.17, 15) is 9.90 Å². The Balaban J connectivity index is 1.94. The summed E-state index contributed by atoms with van der Waals surface area (Å²) in [5, 5.41) is 10.2. The van der Waals surface area contributed by atoms with Gasteiger partial charge in [-0.15, -0.1) is 0 Å². The molecule has 0 saturated carbocycles. The SMILES string of the molecule is O=c1c2ccccc2nc(C=Cc2cccc(O)c2)n1-c1ccccc1. The van der Waals surface area contributed by atoms with Gasteiger partial charge in [-0.2, -0.15) is 0 Å². The van der Waals surface area contributed by atoms with Gasteiger partial charge in [0, 0.05) is 0 Å². The van der Waals surface area contributed by atoms with Crippen molar-refractivity contribution in [1.82, 2.24) is 9.55 Å². The molecule has 4 nitrogen and oxygen atoms in total. The van der Waals surface area contributed by atoms with Crippen LogP contribution in [0.25, 0.3) is 28.7 Å². The molecule has 0 amide bonds. The average molecular weight is 340 g/mol. The van der Waals surface area contributed by atoms with Crippen LogP contribution in [0.15, 0.2) is 83.7 Å². The predicted octanol–water partition coefficient (Wildman–Crippen LogP) is 4.26. The van der Waals surface area contributed by atoms with Crippen molar-refractivity contribution in [2.75, 3.05) is 0 Å². The Morgan fingerprint density at radius 1 is 0.846 bits per heavy atom. The van der Waals surface area contributed by atoms with Crippen LogP contribution in [-0.4, -0.2) is 14.7 Å². The smallest absolute Gasteiger partial charge is 0.266 e. The zero-order valence-corrected chi connectivity index (χ0v) is 13.9. The van der Waals surface area contributed by atoms with Crippen molar-refractivity contribution in [2.45, 2.75) is 0 Å². The molecule has 0 atom stereocenters. The monoisotopic (exact) mass is 340 g/mol. The molecule has 0 spiro atoms. The first-order chi connectivity index (χ1) is 12.7. The van der Waals surface area contributed by atoms with E-state index < -0.39 is 0 Å². The van der Waals surface area contributed by atoms with Crippen LogP contribution in [-0.2, 0) is 0 Å². The molecule has 0 aliphatic carbocycles. The summed E-state index contributed by atoms with van der Waals surface area (Å²) < 4.78 is 1.60. The van der Waals surface area contributed by atoms with Gasteiger partial charge in [-0.3, -0.25) is 9.36 Å². The minimum atomic E-state index is -0.114. The van der Waals surface area contributed by atoms with Crippen LogP contribution in [0.2, 0.25) is 0 Å². The lowest BCUT2D eigenvalue weighted by molar-refractivity contribution is 0.475. The molecule has 0 fully saturated rings. The van der Waals surface area contributed by atoms with E-state index >= 15 is 0 Å². The highest BCUT2D eigenvalue weighted by Crippen LogP contribution is 2.17. The van der Waals surface area contributed by atoms with Gasteiger partial charge in [-0.05, 0) is 48.0 Å². The Morgan fingerprint density at radius 2 is 1.62 bits per heavy atom. The fraction of sp³-hybridized carbons (Fsp3) is 0. The molecule has 4 heteroatoms. The van der Waals surface area contributed by atoms with Gasteiger partial charge < -0.3 is 5.11 Å². The number of para-hydroxylation sites is 2. The van der Waals surface area contributed by atoms with Crippen LogP contribution in [0.1, 0.15) is 11.4 Å². The summed E-state index contributed by atoms with van der Waals surface area (Å²) in [6.45, 7) is 0. The molecule has 3 aromatic carbocycles. The van der Waals surface area contributed by atoms with Crippen molar-refractivity contribution in [3.05, 3.63) is 101 Å². The molecule has 0 bridgehead atoms. The van der Waals surface area contributed by atoms with Crippen molar-refractivity contribution in [3.8, 4) is 11.4 Å². The topological polar surface area (TPSA) is 55.1 Å². The minimum Gasteiger partial charge on any atom is -0.508 e. The van der Waals surface area contributed by atoms with Gasteiger partial charge in [0.1, 0.15) is 11.6 Å². The quantitative estimate of drug-likeness (QED) is 0.606. The van der Waals surface area contributed by atoms with E-state index in [0.717, 1.165) is 11.3 Å². The number of fused-ring (bicyclic) bond motifs is 1. The Morgan fingerprint density at radius 3 is 2.42 bits per heavy atom. The van der Waals surface area contributed by atoms with Crippen molar-refractivity contribution >= 4 is 23.1 Å². The zero-order valence-electron chi connectivity index (χ0n) is 13.9. The number of nitrogens with zero attached hydrogens (tertiary/aromatic N) is 2. The third-order valence-corrected chi connectivity index (χ3v) is 4.11. The Hall–Kier alpha value is -3.66. The van der Waals surface area contributed by atoms with E-state index in [-0.39, 0.29) is 11.3 Å². The lowest BCUT2D eigenvalue weighted by atomic mass is 10.2. The Bertz CT molecular complexity index is 1160. The molecule has 1 aromatic heterocycles. The molecule has 4 aromatic rings.